The van der Waals surface area contributed by atoms with E-state index >= 15 is 0 Å². The summed E-state index contributed by atoms with van der Waals surface area (Å²) in [4.78, 5) is 4.66. The van der Waals surface area contributed by atoms with Crippen molar-refractivity contribution in [1.29, 1.82) is 0 Å². The highest BCUT2D eigenvalue weighted by Crippen LogP contribution is 2.29. The van der Waals surface area contributed by atoms with Gasteiger partial charge in [-0.3, -0.25) is 0 Å². The molecule has 0 aliphatic heterocycles. The normalized spacial score (nSPS) is 11.1. The number of hydrogen-bond donors (Lipinski definition) is 2. The van der Waals surface area contributed by atoms with Crippen LogP contribution in [0, 0.1) is 6.92 Å². The van der Waals surface area contributed by atoms with E-state index in [-0.39, 0.29) is 12.4 Å². The number of aryl methyl sites for hydroxylation is 1. The van der Waals surface area contributed by atoms with Gasteiger partial charge < -0.3 is 14.8 Å². The van der Waals surface area contributed by atoms with E-state index in [9.17, 15) is 10.2 Å². The molecule has 3 rings (SSSR count). The molecule has 0 saturated heterocycles. The molecule has 0 saturated carbocycles. The smallest absolute Gasteiger partial charge is 0.141 e. The van der Waals surface area contributed by atoms with Gasteiger partial charge in [0.05, 0.1) is 17.6 Å². The van der Waals surface area contributed by atoms with E-state index in [1.807, 2.05) is 41.8 Å². The molecule has 4 nitrogen and oxygen atoms in total. The number of phenolic OH excluding ortho intramolecular Hbond substituents is 1. The van der Waals surface area contributed by atoms with Gasteiger partial charge in [0.2, 0.25) is 0 Å². The number of aromatic hydroxyl groups is 1. The Bertz CT molecular complexity index is 762. The van der Waals surface area contributed by atoms with Crippen LogP contribution in [0.1, 0.15) is 5.56 Å². The molecule has 20 heavy (non-hydrogen) atoms. The van der Waals surface area contributed by atoms with E-state index in [0.717, 1.165) is 28.0 Å². The van der Waals surface area contributed by atoms with Crippen molar-refractivity contribution in [2.75, 3.05) is 6.61 Å². The Balaban J connectivity index is 2.26. The summed E-state index contributed by atoms with van der Waals surface area (Å²) >= 11 is 0. The maximum Gasteiger partial charge on any atom is 0.141 e. The lowest BCUT2D eigenvalue weighted by atomic mass is 10.1. The highest BCUT2D eigenvalue weighted by Gasteiger charge is 2.13. The summed E-state index contributed by atoms with van der Waals surface area (Å²) in [5, 5.41) is 18.8. The minimum absolute atomic E-state index is 0.0600. The van der Waals surface area contributed by atoms with Crippen LogP contribution in [0.4, 0.5) is 0 Å². The molecule has 0 bridgehead atoms. The van der Waals surface area contributed by atoms with Crippen molar-refractivity contribution >= 4 is 11.0 Å². The quantitative estimate of drug-likeness (QED) is 0.768. The molecule has 1 aromatic heterocycles. The number of aliphatic hydroxyl groups is 1. The predicted octanol–water partition coefficient (Wildman–Crippen LogP) is 2.71. The first-order valence-electron chi connectivity index (χ1n) is 6.57. The van der Waals surface area contributed by atoms with Gasteiger partial charge in [0.15, 0.2) is 0 Å². The average Bonchev–Trinajstić information content (AvgIpc) is 2.78. The summed E-state index contributed by atoms with van der Waals surface area (Å²) in [5.41, 5.74) is 3.83. The lowest BCUT2D eigenvalue weighted by Crippen LogP contribution is -2.04. The van der Waals surface area contributed by atoms with E-state index in [2.05, 4.69) is 4.98 Å². The van der Waals surface area contributed by atoms with Crippen molar-refractivity contribution in [2.24, 2.45) is 0 Å². The van der Waals surface area contributed by atoms with Gasteiger partial charge in [-0.2, -0.15) is 0 Å². The first kappa shape index (κ1) is 12.7. The van der Waals surface area contributed by atoms with Crippen LogP contribution in [-0.2, 0) is 6.54 Å². The molecule has 1 heterocycles. The number of imidazole rings is 1. The molecule has 0 fully saturated rings. The fourth-order valence-electron chi connectivity index (χ4n) is 2.51. The van der Waals surface area contributed by atoms with Gasteiger partial charge in [0.25, 0.3) is 0 Å². The highest BCUT2D eigenvalue weighted by molar-refractivity contribution is 5.81. The molecule has 0 aliphatic rings. The Morgan fingerprint density at radius 3 is 2.70 bits per heavy atom. The zero-order chi connectivity index (χ0) is 14.1. The van der Waals surface area contributed by atoms with E-state index in [4.69, 9.17) is 0 Å². The predicted molar refractivity (Wildman–Crippen MR) is 78.7 cm³/mol. The van der Waals surface area contributed by atoms with E-state index in [1.54, 1.807) is 12.1 Å². The van der Waals surface area contributed by atoms with Gasteiger partial charge >= 0.3 is 0 Å². The molecular weight excluding hydrogens is 252 g/mol. The third kappa shape index (κ3) is 2.04. The van der Waals surface area contributed by atoms with Gasteiger partial charge in [-0.1, -0.05) is 12.1 Å². The monoisotopic (exact) mass is 268 g/mol. The first-order valence-corrected chi connectivity index (χ1v) is 6.57. The fourth-order valence-corrected chi connectivity index (χ4v) is 2.51. The molecule has 0 spiro atoms. The molecule has 0 unspecified atom stereocenters. The van der Waals surface area contributed by atoms with Crippen molar-refractivity contribution in [3.05, 3.63) is 48.0 Å². The average molecular weight is 268 g/mol. The summed E-state index contributed by atoms with van der Waals surface area (Å²) in [5.74, 6) is 1.06. The van der Waals surface area contributed by atoms with Gasteiger partial charge in [-0.05, 0) is 42.8 Å². The largest absolute Gasteiger partial charge is 0.508 e. The first-order chi connectivity index (χ1) is 9.70. The SMILES string of the molecule is Cc1cc(O)ccc1-c1nc2ccccc2n1CCO. The van der Waals surface area contributed by atoms with E-state index < -0.39 is 0 Å². The number of rotatable bonds is 3. The van der Waals surface area contributed by atoms with Crippen LogP contribution in [-0.4, -0.2) is 26.4 Å². The van der Waals surface area contributed by atoms with Gasteiger partial charge in [0.1, 0.15) is 11.6 Å². The molecule has 102 valence electrons. The summed E-state index contributed by atoms with van der Waals surface area (Å²) < 4.78 is 2.01. The molecule has 0 radical (unpaired) electrons. The molecular formula is C16H16N2O2. The van der Waals surface area contributed by atoms with Crippen LogP contribution < -0.4 is 0 Å². The zero-order valence-electron chi connectivity index (χ0n) is 11.2. The van der Waals surface area contributed by atoms with Crippen molar-refractivity contribution in [2.45, 2.75) is 13.5 Å². The van der Waals surface area contributed by atoms with Crippen molar-refractivity contribution in [1.82, 2.24) is 9.55 Å². The minimum atomic E-state index is 0.0600. The number of hydrogen-bond acceptors (Lipinski definition) is 3. The second kappa shape index (κ2) is 4.98. The van der Waals surface area contributed by atoms with Gasteiger partial charge in [0, 0.05) is 12.1 Å². The number of fused-ring (bicyclic) bond motifs is 1. The number of phenols is 1. The molecule has 2 N–H and O–H groups in total. The number of para-hydroxylation sites is 2. The molecule has 3 aromatic rings. The maximum absolute atomic E-state index is 9.53. The molecule has 0 atom stereocenters. The Morgan fingerprint density at radius 1 is 1.15 bits per heavy atom. The second-order valence-electron chi connectivity index (χ2n) is 4.80. The Hall–Kier alpha value is -2.33. The van der Waals surface area contributed by atoms with Gasteiger partial charge in [-0.25, -0.2) is 4.98 Å². The third-order valence-corrected chi connectivity index (χ3v) is 3.43. The standard InChI is InChI=1S/C16H16N2O2/c1-11-10-12(20)6-7-13(11)16-17-14-4-2-3-5-15(14)18(16)8-9-19/h2-7,10,19-20H,8-9H2,1H3. The fraction of sp³-hybridized carbons (Fsp3) is 0.188. The molecule has 4 heteroatoms. The Kier molecular flexibility index (Phi) is 3.16. The Labute approximate surface area is 116 Å². The number of aliphatic hydroxyl groups excluding tert-OH is 1. The van der Waals surface area contributed by atoms with Crippen molar-refractivity contribution < 1.29 is 10.2 Å². The molecule has 0 amide bonds. The lowest BCUT2D eigenvalue weighted by Gasteiger charge is -2.10. The lowest BCUT2D eigenvalue weighted by molar-refractivity contribution is 0.278. The summed E-state index contributed by atoms with van der Waals surface area (Å²) in [7, 11) is 0. The maximum atomic E-state index is 9.53. The van der Waals surface area contributed by atoms with Crippen LogP contribution in [0.3, 0.4) is 0 Å². The summed E-state index contributed by atoms with van der Waals surface area (Å²) in [6, 6.07) is 13.1. The van der Waals surface area contributed by atoms with Crippen LogP contribution in [0.2, 0.25) is 0 Å². The van der Waals surface area contributed by atoms with Crippen molar-refractivity contribution in [3.63, 3.8) is 0 Å². The highest BCUT2D eigenvalue weighted by atomic mass is 16.3. The third-order valence-electron chi connectivity index (χ3n) is 3.43. The molecule has 2 aromatic carbocycles. The minimum Gasteiger partial charge on any atom is -0.508 e. The summed E-state index contributed by atoms with van der Waals surface area (Å²) in [6.07, 6.45) is 0. The van der Waals surface area contributed by atoms with Crippen LogP contribution in [0.15, 0.2) is 42.5 Å². The molecule has 0 aliphatic carbocycles. The number of aromatic nitrogens is 2. The second-order valence-corrected chi connectivity index (χ2v) is 4.80. The van der Waals surface area contributed by atoms with Gasteiger partial charge in [-0.15, -0.1) is 0 Å². The summed E-state index contributed by atoms with van der Waals surface area (Å²) in [6.45, 7) is 2.50. The van der Waals surface area contributed by atoms with Crippen molar-refractivity contribution in [3.8, 4) is 17.1 Å². The topological polar surface area (TPSA) is 58.3 Å². The van der Waals surface area contributed by atoms with Crippen LogP contribution in [0.5, 0.6) is 5.75 Å². The van der Waals surface area contributed by atoms with E-state index in [1.165, 1.54) is 0 Å². The van der Waals surface area contributed by atoms with E-state index in [0.29, 0.717) is 6.54 Å². The number of nitrogens with zero attached hydrogens (tertiary/aromatic N) is 2. The van der Waals surface area contributed by atoms with Crippen LogP contribution in [0.25, 0.3) is 22.4 Å². The zero-order valence-corrected chi connectivity index (χ0v) is 11.2. The Morgan fingerprint density at radius 2 is 1.95 bits per heavy atom. The number of benzene rings is 2. The van der Waals surface area contributed by atoms with Crippen LogP contribution >= 0.6 is 0 Å².